The van der Waals surface area contributed by atoms with Crippen LogP contribution in [-0.2, 0) is 16.1 Å². The molecule has 1 unspecified atom stereocenters. The summed E-state index contributed by atoms with van der Waals surface area (Å²) in [4.78, 5) is 27.2. The number of ether oxygens (including phenoxy) is 1. The molecule has 0 saturated carbocycles. The summed E-state index contributed by atoms with van der Waals surface area (Å²) < 4.78 is 24.2. The van der Waals surface area contributed by atoms with Crippen molar-refractivity contribution in [1.82, 2.24) is 4.90 Å². The van der Waals surface area contributed by atoms with Crippen molar-refractivity contribution in [3.63, 3.8) is 0 Å². The maximum absolute atomic E-state index is 13.5. The number of carbonyl (C=O) groups is 2. The quantitative estimate of drug-likeness (QED) is 0.352. The molecule has 1 aromatic heterocycles. The van der Waals surface area contributed by atoms with Crippen LogP contribution in [-0.4, -0.2) is 28.8 Å². The zero-order chi connectivity index (χ0) is 22.1. The summed E-state index contributed by atoms with van der Waals surface area (Å²) in [7, 11) is 1.41. The smallest absolute Gasteiger partial charge is 0.296 e. The zero-order valence-electron chi connectivity index (χ0n) is 16.3. The van der Waals surface area contributed by atoms with Crippen LogP contribution in [0.15, 0.2) is 70.9 Å². The van der Waals surface area contributed by atoms with Gasteiger partial charge in [-0.2, -0.15) is 0 Å². The number of hydrogen-bond donors (Lipinski definition) is 1. The number of nitrogens with zero attached hydrogens (tertiary/aromatic N) is 1. The van der Waals surface area contributed by atoms with Crippen LogP contribution >= 0.6 is 11.6 Å². The van der Waals surface area contributed by atoms with E-state index in [0.717, 1.165) is 0 Å². The van der Waals surface area contributed by atoms with Crippen LogP contribution in [0.25, 0.3) is 5.76 Å². The minimum absolute atomic E-state index is 0.0108. The minimum Gasteiger partial charge on any atom is -0.507 e. The first kappa shape index (κ1) is 20.7. The fourth-order valence-corrected chi connectivity index (χ4v) is 3.79. The standard InChI is InChI=1S/C23H17ClFNO5/c1-30-18-9-6-14(24)11-17(18)21(27)19-20(13-4-7-15(25)8-5-13)26(23(29)22(19)28)12-16-3-2-10-31-16/h2-11,20,27H,12H2,1H3/b21-19+. The Balaban J connectivity index is 1.91. The number of Topliss-reactive ketones (excluding diaryl/α,β-unsaturated/α-hetero) is 1. The molecule has 1 N–H and O–H groups in total. The normalized spacial score (nSPS) is 17.9. The van der Waals surface area contributed by atoms with E-state index in [1.54, 1.807) is 24.3 Å². The van der Waals surface area contributed by atoms with Crippen molar-refractivity contribution in [2.45, 2.75) is 12.6 Å². The van der Waals surface area contributed by atoms with Gasteiger partial charge in [0.25, 0.3) is 11.7 Å². The number of furan rings is 1. The van der Waals surface area contributed by atoms with E-state index in [9.17, 15) is 19.1 Å². The molecule has 1 aliphatic heterocycles. The van der Waals surface area contributed by atoms with Crippen LogP contribution < -0.4 is 4.74 Å². The van der Waals surface area contributed by atoms with Crippen molar-refractivity contribution >= 4 is 29.1 Å². The van der Waals surface area contributed by atoms with E-state index in [4.69, 9.17) is 20.8 Å². The molecule has 1 atom stereocenters. The van der Waals surface area contributed by atoms with E-state index >= 15 is 0 Å². The summed E-state index contributed by atoms with van der Waals surface area (Å²) in [5.74, 6) is -1.86. The molecule has 0 aliphatic carbocycles. The number of methoxy groups -OCH3 is 1. The van der Waals surface area contributed by atoms with Gasteiger partial charge in [0.05, 0.1) is 37.1 Å². The maximum atomic E-state index is 13.5. The van der Waals surface area contributed by atoms with Crippen LogP contribution in [0.1, 0.15) is 22.9 Å². The van der Waals surface area contributed by atoms with Crippen molar-refractivity contribution in [2.75, 3.05) is 7.11 Å². The summed E-state index contributed by atoms with van der Waals surface area (Å²) >= 11 is 6.08. The fraction of sp³-hybridized carbons (Fsp3) is 0.130. The molecule has 4 rings (SSSR count). The molecule has 1 amide bonds. The third-order valence-electron chi connectivity index (χ3n) is 5.05. The highest BCUT2D eigenvalue weighted by Crippen LogP contribution is 2.42. The Morgan fingerprint density at radius 3 is 2.58 bits per heavy atom. The van der Waals surface area contributed by atoms with Crippen molar-refractivity contribution in [3.8, 4) is 5.75 Å². The van der Waals surface area contributed by atoms with Crippen LogP contribution in [0.5, 0.6) is 5.75 Å². The first-order valence-corrected chi connectivity index (χ1v) is 9.68. The second kappa shape index (κ2) is 8.28. The molecular weight excluding hydrogens is 425 g/mol. The van der Waals surface area contributed by atoms with Crippen LogP contribution in [0, 0.1) is 5.82 Å². The first-order valence-electron chi connectivity index (χ1n) is 9.31. The molecule has 3 aromatic rings. The maximum Gasteiger partial charge on any atom is 0.296 e. The second-order valence-electron chi connectivity index (χ2n) is 6.90. The molecule has 158 valence electrons. The molecule has 8 heteroatoms. The molecule has 0 spiro atoms. The number of rotatable bonds is 5. The number of aliphatic hydroxyl groups excluding tert-OH is 1. The fourth-order valence-electron chi connectivity index (χ4n) is 3.62. The number of benzene rings is 2. The van der Waals surface area contributed by atoms with E-state index in [1.807, 2.05) is 0 Å². The van der Waals surface area contributed by atoms with Crippen molar-refractivity contribution in [1.29, 1.82) is 0 Å². The lowest BCUT2D eigenvalue weighted by molar-refractivity contribution is -0.140. The predicted octanol–water partition coefficient (Wildman–Crippen LogP) is 4.70. The molecular formula is C23H17ClFNO5. The summed E-state index contributed by atoms with van der Waals surface area (Å²) in [6.45, 7) is -0.0108. The summed E-state index contributed by atoms with van der Waals surface area (Å²) in [6.07, 6.45) is 1.45. The Kier molecular flexibility index (Phi) is 5.52. The van der Waals surface area contributed by atoms with Gasteiger partial charge in [-0.1, -0.05) is 23.7 Å². The van der Waals surface area contributed by atoms with Gasteiger partial charge in [-0.05, 0) is 48.0 Å². The zero-order valence-corrected chi connectivity index (χ0v) is 17.1. The third-order valence-corrected chi connectivity index (χ3v) is 5.28. The SMILES string of the molecule is COc1ccc(Cl)cc1/C(O)=C1\C(=O)C(=O)N(Cc2ccco2)C1c1ccc(F)cc1. The summed E-state index contributed by atoms with van der Waals surface area (Å²) in [6, 6.07) is 12.3. The Morgan fingerprint density at radius 1 is 1.19 bits per heavy atom. The molecule has 1 fully saturated rings. The number of halogens is 2. The van der Waals surface area contributed by atoms with Gasteiger partial charge in [0.1, 0.15) is 23.1 Å². The van der Waals surface area contributed by atoms with E-state index in [0.29, 0.717) is 16.3 Å². The number of ketones is 1. The molecule has 0 radical (unpaired) electrons. The van der Waals surface area contributed by atoms with Gasteiger partial charge < -0.3 is 19.2 Å². The number of amides is 1. The van der Waals surface area contributed by atoms with Crippen LogP contribution in [0.3, 0.4) is 0 Å². The lowest BCUT2D eigenvalue weighted by Crippen LogP contribution is -2.29. The second-order valence-corrected chi connectivity index (χ2v) is 7.34. The van der Waals surface area contributed by atoms with Crippen molar-refractivity contribution in [3.05, 3.63) is 94.2 Å². The van der Waals surface area contributed by atoms with Gasteiger partial charge >= 0.3 is 0 Å². The number of hydrogen-bond acceptors (Lipinski definition) is 5. The number of likely N-dealkylation sites (tertiary alicyclic amines) is 1. The van der Waals surface area contributed by atoms with Crippen LogP contribution in [0.4, 0.5) is 4.39 Å². The van der Waals surface area contributed by atoms with Gasteiger partial charge in [-0.3, -0.25) is 9.59 Å². The summed E-state index contributed by atoms with van der Waals surface area (Å²) in [5.41, 5.74) is 0.469. The molecule has 31 heavy (non-hydrogen) atoms. The monoisotopic (exact) mass is 441 g/mol. The third kappa shape index (κ3) is 3.80. The van der Waals surface area contributed by atoms with Crippen molar-refractivity contribution < 1.29 is 28.2 Å². The largest absolute Gasteiger partial charge is 0.507 e. The van der Waals surface area contributed by atoms with Gasteiger partial charge in [0.15, 0.2) is 0 Å². The highest BCUT2D eigenvalue weighted by Gasteiger charge is 2.46. The Labute approximate surface area is 182 Å². The predicted molar refractivity (Wildman–Crippen MR) is 111 cm³/mol. The minimum atomic E-state index is -0.964. The van der Waals surface area contributed by atoms with E-state index in [1.165, 1.54) is 48.6 Å². The van der Waals surface area contributed by atoms with E-state index in [-0.39, 0.29) is 23.4 Å². The van der Waals surface area contributed by atoms with E-state index in [2.05, 4.69) is 0 Å². The summed E-state index contributed by atoms with van der Waals surface area (Å²) in [5, 5.41) is 11.4. The molecule has 2 aromatic carbocycles. The Hall–Kier alpha value is -3.58. The van der Waals surface area contributed by atoms with E-state index < -0.39 is 29.3 Å². The average Bonchev–Trinajstić information content (AvgIpc) is 3.36. The Morgan fingerprint density at radius 2 is 1.94 bits per heavy atom. The lowest BCUT2D eigenvalue weighted by atomic mass is 9.95. The Bertz CT molecular complexity index is 1170. The number of aliphatic hydroxyl groups is 1. The molecule has 2 heterocycles. The highest BCUT2D eigenvalue weighted by atomic mass is 35.5. The lowest BCUT2D eigenvalue weighted by Gasteiger charge is -2.24. The molecule has 1 aliphatic rings. The van der Waals surface area contributed by atoms with Gasteiger partial charge in [-0.15, -0.1) is 0 Å². The van der Waals surface area contributed by atoms with Gasteiger partial charge in [0, 0.05) is 5.02 Å². The molecule has 0 bridgehead atoms. The van der Waals surface area contributed by atoms with Crippen LogP contribution in [0.2, 0.25) is 5.02 Å². The van der Waals surface area contributed by atoms with Crippen molar-refractivity contribution in [2.24, 2.45) is 0 Å². The number of carbonyl (C=O) groups excluding carboxylic acids is 2. The molecule has 1 saturated heterocycles. The van der Waals surface area contributed by atoms with Gasteiger partial charge in [-0.25, -0.2) is 4.39 Å². The highest BCUT2D eigenvalue weighted by molar-refractivity contribution is 6.46. The molecule has 6 nitrogen and oxygen atoms in total. The topological polar surface area (TPSA) is 80.0 Å². The average molecular weight is 442 g/mol. The first-order chi connectivity index (χ1) is 14.9. The van der Waals surface area contributed by atoms with Gasteiger partial charge in [0.2, 0.25) is 0 Å².